The molecule has 0 bridgehead atoms. The van der Waals surface area contributed by atoms with E-state index in [9.17, 15) is 4.79 Å². The van der Waals surface area contributed by atoms with E-state index in [1.807, 2.05) is 26.0 Å². The summed E-state index contributed by atoms with van der Waals surface area (Å²) in [6.45, 7) is 3.76. The van der Waals surface area contributed by atoms with Gasteiger partial charge in [-0.15, -0.1) is 11.3 Å². The fourth-order valence-corrected chi connectivity index (χ4v) is 2.65. The Balaban J connectivity index is 2.43. The van der Waals surface area contributed by atoms with E-state index in [1.54, 1.807) is 7.05 Å². The molecule has 2 heterocycles. The molecule has 0 spiro atoms. The number of aromatic nitrogens is 1. The van der Waals surface area contributed by atoms with Crippen molar-refractivity contribution in [3.63, 3.8) is 0 Å². The summed E-state index contributed by atoms with van der Waals surface area (Å²) in [5.41, 5.74) is 1.84. The van der Waals surface area contributed by atoms with Crippen LogP contribution in [0.15, 0.2) is 16.7 Å². The SMILES string of the molecule is CNC(=O)c1ccc(-c2c(C)noc2C)s1. The Bertz CT molecular complexity index is 508. The van der Waals surface area contributed by atoms with E-state index in [1.165, 1.54) is 11.3 Å². The highest BCUT2D eigenvalue weighted by Crippen LogP contribution is 2.32. The molecule has 2 aromatic rings. The van der Waals surface area contributed by atoms with Crippen molar-refractivity contribution in [1.82, 2.24) is 10.5 Å². The van der Waals surface area contributed by atoms with Gasteiger partial charge in [-0.2, -0.15) is 0 Å². The van der Waals surface area contributed by atoms with E-state index < -0.39 is 0 Å². The van der Waals surface area contributed by atoms with Crippen molar-refractivity contribution in [3.05, 3.63) is 28.5 Å². The second-order valence-corrected chi connectivity index (χ2v) is 4.53. The van der Waals surface area contributed by atoms with Gasteiger partial charge in [0.15, 0.2) is 0 Å². The summed E-state index contributed by atoms with van der Waals surface area (Å²) in [5, 5.41) is 6.50. The Morgan fingerprint density at radius 3 is 2.75 bits per heavy atom. The quantitative estimate of drug-likeness (QED) is 0.871. The minimum atomic E-state index is -0.0667. The summed E-state index contributed by atoms with van der Waals surface area (Å²) >= 11 is 1.44. The summed E-state index contributed by atoms with van der Waals surface area (Å²) in [7, 11) is 1.62. The number of carbonyl (C=O) groups is 1. The van der Waals surface area contributed by atoms with Crippen LogP contribution in [0.25, 0.3) is 10.4 Å². The van der Waals surface area contributed by atoms with E-state index in [0.717, 1.165) is 21.9 Å². The molecule has 2 aromatic heterocycles. The number of rotatable bonds is 2. The van der Waals surface area contributed by atoms with E-state index >= 15 is 0 Å². The van der Waals surface area contributed by atoms with Gasteiger partial charge in [-0.05, 0) is 26.0 Å². The molecule has 2 rings (SSSR count). The van der Waals surface area contributed by atoms with Crippen molar-refractivity contribution in [2.45, 2.75) is 13.8 Å². The third-order valence-electron chi connectivity index (χ3n) is 2.34. The molecule has 0 unspecified atom stereocenters. The molecular formula is C11H12N2O2S. The molecule has 0 aromatic carbocycles. The van der Waals surface area contributed by atoms with Crippen molar-refractivity contribution in [3.8, 4) is 10.4 Å². The zero-order valence-electron chi connectivity index (χ0n) is 9.33. The summed E-state index contributed by atoms with van der Waals surface area (Å²) in [6.07, 6.45) is 0. The molecule has 0 fully saturated rings. The van der Waals surface area contributed by atoms with Gasteiger partial charge in [0.05, 0.1) is 16.1 Å². The first-order valence-electron chi connectivity index (χ1n) is 4.88. The molecule has 1 N–H and O–H groups in total. The standard InChI is InChI=1S/C11H12N2O2S/c1-6-10(7(2)15-13-6)8-4-5-9(16-8)11(14)12-3/h4-5H,1-3H3,(H,12,14). The molecule has 1 amide bonds. The smallest absolute Gasteiger partial charge is 0.261 e. The lowest BCUT2D eigenvalue weighted by molar-refractivity contribution is 0.0967. The minimum Gasteiger partial charge on any atom is -0.361 e. The average molecular weight is 236 g/mol. The van der Waals surface area contributed by atoms with Gasteiger partial charge >= 0.3 is 0 Å². The maximum atomic E-state index is 11.4. The van der Waals surface area contributed by atoms with Crippen molar-refractivity contribution >= 4 is 17.2 Å². The number of nitrogens with zero attached hydrogens (tertiary/aromatic N) is 1. The summed E-state index contributed by atoms with van der Waals surface area (Å²) in [6, 6.07) is 3.73. The third kappa shape index (κ3) is 1.74. The lowest BCUT2D eigenvalue weighted by Crippen LogP contribution is -2.15. The van der Waals surface area contributed by atoms with Crippen LogP contribution in [-0.4, -0.2) is 18.1 Å². The van der Waals surface area contributed by atoms with E-state index in [0.29, 0.717) is 4.88 Å². The predicted octanol–water partition coefficient (Wildman–Crippen LogP) is 2.38. The number of thiophene rings is 1. The normalized spacial score (nSPS) is 10.4. The number of hydrogen-bond acceptors (Lipinski definition) is 4. The van der Waals surface area contributed by atoms with Crippen LogP contribution in [0.4, 0.5) is 0 Å². The van der Waals surface area contributed by atoms with Crippen LogP contribution in [0.1, 0.15) is 21.1 Å². The number of amides is 1. The Morgan fingerprint density at radius 2 is 2.19 bits per heavy atom. The van der Waals surface area contributed by atoms with Gasteiger partial charge in [0.25, 0.3) is 5.91 Å². The molecule has 5 heteroatoms. The zero-order chi connectivity index (χ0) is 11.7. The highest BCUT2D eigenvalue weighted by molar-refractivity contribution is 7.17. The van der Waals surface area contributed by atoms with Crippen molar-refractivity contribution < 1.29 is 9.32 Å². The van der Waals surface area contributed by atoms with Crippen molar-refractivity contribution in [2.24, 2.45) is 0 Å². The molecule has 0 atom stereocenters. The van der Waals surface area contributed by atoms with Crippen LogP contribution in [0.3, 0.4) is 0 Å². The first-order chi connectivity index (χ1) is 7.63. The van der Waals surface area contributed by atoms with E-state index in [4.69, 9.17) is 4.52 Å². The third-order valence-corrected chi connectivity index (χ3v) is 3.44. The molecule has 4 nitrogen and oxygen atoms in total. The Kier molecular flexibility index (Phi) is 2.78. The van der Waals surface area contributed by atoms with Crippen LogP contribution >= 0.6 is 11.3 Å². The van der Waals surface area contributed by atoms with Crippen molar-refractivity contribution in [2.75, 3.05) is 7.05 Å². The molecule has 0 saturated heterocycles. The Labute approximate surface area is 97.3 Å². The average Bonchev–Trinajstić information content (AvgIpc) is 2.85. The second-order valence-electron chi connectivity index (χ2n) is 3.44. The highest BCUT2D eigenvalue weighted by Gasteiger charge is 2.15. The van der Waals surface area contributed by atoms with Gasteiger partial charge in [-0.1, -0.05) is 5.16 Å². The lowest BCUT2D eigenvalue weighted by atomic mass is 10.2. The fraction of sp³-hybridized carbons (Fsp3) is 0.273. The molecular weight excluding hydrogens is 224 g/mol. The molecule has 0 saturated carbocycles. The molecule has 16 heavy (non-hydrogen) atoms. The number of hydrogen-bond donors (Lipinski definition) is 1. The van der Waals surface area contributed by atoms with Crippen LogP contribution < -0.4 is 5.32 Å². The van der Waals surface area contributed by atoms with E-state index in [-0.39, 0.29) is 5.91 Å². The minimum absolute atomic E-state index is 0.0667. The van der Waals surface area contributed by atoms with Crippen molar-refractivity contribution in [1.29, 1.82) is 0 Å². The largest absolute Gasteiger partial charge is 0.361 e. The Morgan fingerprint density at radius 1 is 1.44 bits per heavy atom. The first kappa shape index (κ1) is 10.9. The lowest BCUT2D eigenvalue weighted by Gasteiger charge is -1.94. The fourth-order valence-electron chi connectivity index (χ4n) is 1.55. The Hall–Kier alpha value is -1.62. The molecule has 0 radical (unpaired) electrons. The van der Waals surface area contributed by atoms with Gasteiger partial charge in [0, 0.05) is 11.9 Å². The monoisotopic (exact) mass is 236 g/mol. The second kappa shape index (κ2) is 4.09. The van der Waals surface area contributed by atoms with E-state index in [2.05, 4.69) is 10.5 Å². The maximum Gasteiger partial charge on any atom is 0.261 e. The number of aryl methyl sites for hydroxylation is 2. The molecule has 0 aliphatic carbocycles. The highest BCUT2D eigenvalue weighted by atomic mass is 32.1. The molecule has 0 aliphatic heterocycles. The summed E-state index contributed by atoms with van der Waals surface area (Å²) < 4.78 is 5.10. The van der Waals surface area contributed by atoms with Gasteiger partial charge in [-0.25, -0.2) is 0 Å². The molecule has 84 valence electrons. The molecule has 0 aliphatic rings. The van der Waals surface area contributed by atoms with Crippen LogP contribution in [-0.2, 0) is 0 Å². The van der Waals surface area contributed by atoms with Gasteiger partial charge < -0.3 is 9.84 Å². The topological polar surface area (TPSA) is 55.1 Å². The predicted molar refractivity (Wildman–Crippen MR) is 62.7 cm³/mol. The van der Waals surface area contributed by atoms with Gasteiger partial charge in [0.2, 0.25) is 0 Å². The first-order valence-corrected chi connectivity index (χ1v) is 5.70. The van der Waals surface area contributed by atoms with Gasteiger partial charge in [-0.3, -0.25) is 4.79 Å². The number of nitrogens with one attached hydrogen (secondary N) is 1. The number of carbonyl (C=O) groups excluding carboxylic acids is 1. The summed E-state index contributed by atoms with van der Waals surface area (Å²) in [4.78, 5) is 13.1. The summed E-state index contributed by atoms with van der Waals surface area (Å²) in [5.74, 6) is 0.714. The zero-order valence-corrected chi connectivity index (χ0v) is 10.1. The van der Waals surface area contributed by atoms with Gasteiger partial charge in [0.1, 0.15) is 5.76 Å². The van der Waals surface area contributed by atoms with Crippen LogP contribution in [0.2, 0.25) is 0 Å². The maximum absolute atomic E-state index is 11.4. The van der Waals surface area contributed by atoms with Crippen LogP contribution in [0.5, 0.6) is 0 Å². The van der Waals surface area contributed by atoms with Crippen LogP contribution in [0, 0.1) is 13.8 Å².